The van der Waals surface area contributed by atoms with E-state index in [1.54, 1.807) is 13.1 Å². The number of carbonyl (C=O) groups excluding carboxylic acids is 1. The minimum Gasteiger partial charge on any atom is -0.465 e. The Bertz CT molecular complexity index is 668. The average Bonchev–Trinajstić information content (AvgIpc) is 2.54. The molecule has 0 radical (unpaired) electrons. The normalized spacial score (nSPS) is 28.4. The van der Waals surface area contributed by atoms with Crippen molar-refractivity contribution < 1.29 is 9.53 Å². The van der Waals surface area contributed by atoms with E-state index in [9.17, 15) is 9.59 Å². The van der Waals surface area contributed by atoms with Crippen LogP contribution in [0.15, 0.2) is 17.1 Å². The molecular formula is C19H31N3O3. The molecule has 1 N–H and O–H groups in total. The second kappa shape index (κ2) is 7.58. The van der Waals surface area contributed by atoms with Crippen molar-refractivity contribution in [3.05, 3.63) is 22.6 Å². The van der Waals surface area contributed by atoms with E-state index in [0.717, 1.165) is 11.1 Å². The van der Waals surface area contributed by atoms with Gasteiger partial charge in [-0.05, 0) is 36.5 Å². The number of rotatable bonds is 5. The lowest BCUT2D eigenvalue weighted by Gasteiger charge is -2.50. The minimum atomic E-state index is -0.455. The van der Waals surface area contributed by atoms with Gasteiger partial charge in [0.05, 0.1) is 18.5 Å². The molecule has 6 nitrogen and oxygen atoms in total. The highest BCUT2D eigenvalue weighted by atomic mass is 16.5. The summed E-state index contributed by atoms with van der Waals surface area (Å²) in [6, 6.07) is 1.81. The van der Waals surface area contributed by atoms with E-state index in [-0.39, 0.29) is 12.1 Å². The molecule has 25 heavy (non-hydrogen) atoms. The first kappa shape index (κ1) is 19.5. The van der Waals surface area contributed by atoms with Crippen LogP contribution in [-0.4, -0.2) is 28.4 Å². The molecule has 0 aliphatic heterocycles. The van der Waals surface area contributed by atoms with Crippen molar-refractivity contribution in [2.24, 2.45) is 23.2 Å². The smallest absolute Gasteiger partial charge is 0.327 e. The molecule has 0 spiro atoms. The monoisotopic (exact) mass is 349 g/mol. The third kappa shape index (κ3) is 4.22. The van der Waals surface area contributed by atoms with Crippen LogP contribution in [0.1, 0.15) is 48.0 Å². The molecule has 0 bridgehead atoms. The van der Waals surface area contributed by atoms with Gasteiger partial charge < -0.3 is 10.1 Å². The van der Waals surface area contributed by atoms with Crippen LogP contribution in [-0.2, 0) is 16.1 Å². The Morgan fingerprint density at radius 3 is 2.68 bits per heavy atom. The van der Waals surface area contributed by atoms with Crippen LogP contribution in [0, 0.1) is 23.2 Å². The molecule has 0 amide bonds. The van der Waals surface area contributed by atoms with Gasteiger partial charge in [0.25, 0.3) is 5.56 Å². The van der Waals surface area contributed by atoms with Gasteiger partial charge in [-0.3, -0.25) is 9.59 Å². The summed E-state index contributed by atoms with van der Waals surface area (Å²) in [5.74, 6) is 1.20. The number of nitrogens with one attached hydrogen (secondary N) is 1. The molecule has 0 saturated heterocycles. The molecule has 1 heterocycles. The Balaban J connectivity index is 2.09. The fraction of sp³-hybridized carbons (Fsp3) is 0.737. The summed E-state index contributed by atoms with van der Waals surface area (Å²) < 4.78 is 5.98. The zero-order valence-electron chi connectivity index (χ0n) is 16.2. The molecule has 140 valence electrons. The number of ether oxygens (including phenoxy) is 1. The maximum absolute atomic E-state index is 12.2. The van der Waals surface area contributed by atoms with Gasteiger partial charge in [-0.25, -0.2) is 4.68 Å². The van der Waals surface area contributed by atoms with E-state index in [4.69, 9.17) is 4.74 Å². The molecule has 1 aliphatic rings. The maximum Gasteiger partial charge on any atom is 0.327 e. The van der Waals surface area contributed by atoms with Crippen LogP contribution in [0.5, 0.6) is 0 Å². The second-order valence-electron chi connectivity index (χ2n) is 7.90. The second-order valence-corrected chi connectivity index (χ2v) is 7.90. The van der Waals surface area contributed by atoms with Crippen LogP contribution >= 0.6 is 0 Å². The van der Waals surface area contributed by atoms with Crippen molar-refractivity contribution in [2.75, 3.05) is 11.9 Å². The number of anilines is 1. The fourth-order valence-corrected chi connectivity index (χ4v) is 3.74. The Hall–Kier alpha value is -1.85. The summed E-state index contributed by atoms with van der Waals surface area (Å²) in [6.07, 6.45) is 2.67. The summed E-state index contributed by atoms with van der Waals surface area (Å²) in [4.78, 5) is 23.7. The zero-order chi connectivity index (χ0) is 18.8. The quantitative estimate of drug-likeness (QED) is 0.828. The summed E-state index contributed by atoms with van der Waals surface area (Å²) in [5, 5.41) is 7.58. The van der Waals surface area contributed by atoms with Crippen molar-refractivity contribution in [1.82, 2.24) is 9.78 Å². The topological polar surface area (TPSA) is 73.2 Å². The number of hydrogen-bond acceptors (Lipinski definition) is 5. The summed E-state index contributed by atoms with van der Waals surface area (Å²) in [7, 11) is 0. The summed E-state index contributed by atoms with van der Waals surface area (Å²) >= 11 is 0. The number of hydrogen-bond donors (Lipinski definition) is 1. The lowest BCUT2D eigenvalue weighted by atomic mass is 9.58. The Kier molecular flexibility index (Phi) is 5.91. The molecule has 1 saturated carbocycles. The van der Waals surface area contributed by atoms with E-state index >= 15 is 0 Å². The minimum absolute atomic E-state index is 0.158. The summed E-state index contributed by atoms with van der Waals surface area (Å²) in [6.45, 7) is 13.4. The zero-order valence-corrected chi connectivity index (χ0v) is 16.2. The molecule has 1 aliphatic carbocycles. The SMILES string of the molecule is CCOC(=O)Cn1ncc(N[C@@H]2C[C@H](C)C(C)(C)[C@H](C)[C@H]2C)cc1=O. The fourth-order valence-electron chi connectivity index (χ4n) is 3.74. The highest BCUT2D eigenvalue weighted by Gasteiger charge is 2.43. The number of nitrogens with zero attached hydrogens (tertiary/aromatic N) is 2. The average molecular weight is 349 g/mol. The van der Waals surface area contributed by atoms with Gasteiger partial charge in [-0.1, -0.05) is 34.6 Å². The third-order valence-corrected chi connectivity index (χ3v) is 6.28. The molecule has 6 heteroatoms. The number of aromatic nitrogens is 2. The van der Waals surface area contributed by atoms with Crippen LogP contribution in [0.25, 0.3) is 0 Å². The van der Waals surface area contributed by atoms with Gasteiger partial charge in [0, 0.05) is 12.1 Å². The first-order valence-corrected chi connectivity index (χ1v) is 9.16. The van der Waals surface area contributed by atoms with Crippen molar-refractivity contribution >= 4 is 11.7 Å². The highest BCUT2D eigenvalue weighted by Crippen LogP contribution is 2.47. The van der Waals surface area contributed by atoms with Gasteiger partial charge in [-0.2, -0.15) is 5.10 Å². The van der Waals surface area contributed by atoms with Gasteiger partial charge in [0.2, 0.25) is 0 Å². The van der Waals surface area contributed by atoms with Crippen molar-refractivity contribution in [3.8, 4) is 0 Å². The predicted octanol–water partition coefficient (Wildman–Crippen LogP) is 2.93. The van der Waals surface area contributed by atoms with Crippen LogP contribution in [0.2, 0.25) is 0 Å². The van der Waals surface area contributed by atoms with Gasteiger partial charge >= 0.3 is 5.97 Å². The van der Waals surface area contributed by atoms with E-state index in [2.05, 4.69) is 45.0 Å². The lowest BCUT2D eigenvalue weighted by molar-refractivity contribution is -0.144. The highest BCUT2D eigenvalue weighted by molar-refractivity contribution is 5.69. The molecule has 4 atom stereocenters. The van der Waals surface area contributed by atoms with Crippen molar-refractivity contribution in [2.45, 2.75) is 60.5 Å². The molecule has 1 aromatic heterocycles. The van der Waals surface area contributed by atoms with Crippen molar-refractivity contribution in [1.29, 1.82) is 0 Å². The standard InChI is InChI=1S/C19H31N3O3/c1-7-25-18(24)11-22-17(23)9-15(10-20-22)21-16-8-12(2)19(5,6)14(4)13(16)3/h9-10,12-14,16,21H,7-8,11H2,1-6H3/t12-,13+,14+,16+/m0/s1. The van der Waals surface area contributed by atoms with Gasteiger partial charge in [0.15, 0.2) is 0 Å². The Morgan fingerprint density at radius 2 is 2.08 bits per heavy atom. The molecule has 0 unspecified atom stereocenters. The van der Waals surface area contributed by atoms with E-state index in [1.807, 2.05) is 0 Å². The molecule has 1 aromatic rings. The largest absolute Gasteiger partial charge is 0.465 e. The number of esters is 1. The molecule has 0 aromatic carbocycles. The van der Waals surface area contributed by atoms with Gasteiger partial charge in [0.1, 0.15) is 6.54 Å². The molecule has 2 rings (SSSR count). The van der Waals surface area contributed by atoms with Crippen LogP contribution < -0.4 is 10.9 Å². The number of carbonyl (C=O) groups is 1. The van der Waals surface area contributed by atoms with Gasteiger partial charge in [-0.15, -0.1) is 0 Å². The Morgan fingerprint density at radius 1 is 1.40 bits per heavy atom. The van der Waals surface area contributed by atoms with E-state index in [0.29, 0.717) is 41.5 Å². The maximum atomic E-state index is 12.2. The lowest BCUT2D eigenvalue weighted by Crippen LogP contribution is -2.48. The molecular weight excluding hydrogens is 318 g/mol. The first-order chi connectivity index (χ1) is 11.7. The van der Waals surface area contributed by atoms with Crippen molar-refractivity contribution in [3.63, 3.8) is 0 Å². The first-order valence-electron chi connectivity index (χ1n) is 9.16. The predicted molar refractivity (Wildman–Crippen MR) is 98.4 cm³/mol. The van der Waals surface area contributed by atoms with E-state index < -0.39 is 5.97 Å². The van der Waals surface area contributed by atoms with Crippen LogP contribution in [0.4, 0.5) is 5.69 Å². The third-order valence-electron chi connectivity index (χ3n) is 6.28. The molecule has 1 fully saturated rings. The van der Waals surface area contributed by atoms with Crippen LogP contribution in [0.3, 0.4) is 0 Å². The summed E-state index contributed by atoms with van der Waals surface area (Å²) in [5.41, 5.74) is 0.711. The Labute approximate surface area is 150 Å². The van der Waals surface area contributed by atoms with E-state index in [1.165, 1.54) is 6.07 Å².